The molecule has 128 valence electrons. The standard InChI is InChI=1S/C16H19Br3O4/c17-12(11-15(18)19)7-6-9-14(21)13(20)8-4-2-1-3-5-10-16(22)23/h4,7-8,11,13-14,20-21H,3,5-6,9-10H2,(H,22,23)/t13-,14+/m0/s1. The van der Waals surface area contributed by atoms with Crippen LogP contribution >= 0.6 is 47.8 Å². The number of hydrogen-bond acceptors (Lipinski definition) is 3. The summed E-state index contributed by atoms with van der Waals surface area (Å²) in [4.78, 5) is 10.3. The Morgan fingerprint density at radius 2 is 1.91 bits per heavy atom. The minimum Gasteiger partial charge on any atom is -0.481 e. The first-order chi connectivity index (χ1) is 10.8. The molecule has 0 aliphatic carbocycles. The molecule has 0 unspecified atom stereocenters. The Bertz CT molecular complexity index is 511. The van der Waals surface area contributed by atoms with E-state index in [9.17, 15) is 15.0 Å². The van der Waals surface area contributed by atoms with E-state index in [1.807, 2.05) is 12.2 Å². The summed E-state index contributed by atoms with van der Waals surface area (Å²) in [6.45, 7) is 0. The predicted molar refractivity (Wildman–Crippen MR) is 103 cm³/mol. The number of halogens is 3. The number of aliphatic hydroxyl groups is 2. The van der Waals surface area contributed by atoms with Crippen molar-refractivity contribution in [1.82, 2.24) is 0 Å². The van der Waals surface area contributed by atoms with Gasteiger partial charge in [-0.15, -0.1) is 0 Å². The van der Waals surface area contributed by atoms with Crippen molar-refractivity contribution in [2.45, 2.75) is 44.3 Å². The van der Waals surface area contributed by atoms with E-state index in [1.165, 1.54) is 12.2 Å². The molecular formula is C16H19Br3O4. The average Bonchev–Trinajstić information content (AvgIpc) is 2.44. The summed E-state index contributed by atoms with van der Waals surface area (Å²) in [6.07, 6.45) is 6.90. The number of aliphatic hydroxyl groups excluding tert-OH is 2. The van der Waals surface area contributed by atoms with Gasteiger partial charge >= 0.3 is 5.97 Å². The van der Waals surface area contributed by atoms with Crippen LogP contribution in [0, 0.1) is 11.8 Å². The molecule has 0 saturated heterocycles. The third-order valence-electron chi connectivity index (χ3n) is 2.61. The molecule has 2 atom stereocenters. The number of carboxylic acids is 1. The molecule has 4 nitrogen and oxygen atoms in total. The molecule has 0 spiro atoms. The Kier molecular flexibility index (Phi) is 13.8. The van der Waals surface area contributed by atoms with Crippen LogP contribution in [0.1, 0.15) is 32.1 Å². The summed E-state index contributed by atoms with van der Waals surface area (Å²) in [5.74, 6) is 4.66. The van der Waals surface area contributed by atoms with Gasteiger partial charge < -0.3 is 15.3 Å². The molecule has 0 fully saturated rings. The van der Waals surface area contributed by atoms with Crippen LogP contribution in [0.2, 0.25) is 0 Å². The minimum atomic E-state index is -0.978. The van der Waals surface area contributed by atoms with E-state index in [0.29, 0.717) is 25.7 Å². The lowest BCUT2D eigenvalue weighted by atomic mass is 10.1. The van der Waals surface area contributed by atoms with Crippen LogP contribution in [0.4, 0.5) is 0 Å². The highest BCUT2D eigenvalue weighted by Crippen LogP contribution is 2.20. The van der Waals surface area contributed by atoms with Crippen LogP contribution in [0.5, 0.6) is 0 Å². The first kappa shape index (κ1) is 22.6. The maximum atomic E-state index is 10.3. The topological polar surface area (TPSA) is 77.8 Å². The molecular weight excluding hydrogens is 496 g/mol. The normalized spacial score (nSPS) is 14.0. The van der Waals surface area contributed by atoms with Gasteiger partial charge in [0.2, 0.25) is 0 Å². The van der Waals surface area contributed by atoms with Crippen molar-refractivity contribution in [1.29, 1.82) is 0 Å². The summed E-state index contributed by atoms with van der Waals surface area (Å²) in [7, 11) is 0. The SMILES string of the molecule is O=C(O)CCCC#CC=C[C@H](O)[C@H](O)CCC=C(Br)C=C(Br)Br. The first-order valence-corrected chi connectivity index (χ1v) is 9.32. The van der Waals surface area contributed by atoms with Crippen LogP contribution in [0.15, 0.2) is 32.2 Å². The number of carbonyl (C=O) groups is 1. The van der Waals surface area contributed by atoms with Crippen molar-refractivity contribution in [2.24, 2.45) is 0 Å². The van der Waals surface area contributed by atoms with Crippen molar-refractivity contribution >= 4 is 53.8 Å². The Labute approximate surface area is 161 Å². The first-order valence-electron chi connectivity index (χ1n) is 6.94. The third kappa shape index (κ3) is 14.9. The highest BCUT2D eigenvalue weighted by Gasteiger charge is 2.11. The molecule has 0 aromatic heterocycles. The second-order valence-corrected chi connectivity index (χ2v) is 8.27. The van der Waals surface area contributed by atoms with Crippen molar-refractivity contribution in [2.75, 3.05) is 0 Å². The van der Waals surface area contributed by atoms with Gasteiger partial charge in [-0.3, -0.25) is 4.79 Å². The summed E-state index contributed by atoms with van der Waals surface area (Å²) < 4.78 is 1.67. The molecule has 0 rings (SSSR count). The molecule has 0 heterocycles. The predicted octanol–water partition coefficient (Wildman–Crippen LogP) is 4.21. The molecule has 0 radical (unpaired) electrons. The zero-order valence-electron chi connectivity index (χ0n) is 12.4. The lowest BCUT2D eigenvalue weighted by Gasteiger charge is -2.12. The second-order valence-electron chi connectivity index (χ2n) is 4.59. The fraction of sp³-hybridized carbons (Fsp3) is 0.438. The van der Waals surface area contributed by atoms with Crippen LogP contribution in [0.3, 0.4) is 0 Å². The minimum absolute atomic E-state index is 0.101. The summed E-state index contributed by atoms with van der Waals surface area (Å²) in [5, 5.41) is 28.0. The average molecular weight is 515 g/mol. The van der Waals surface area contributed by atoms with Gasteiger partial charge in [-0.2, -0.15) is 0 Å². The molecule has 0 amide bonds. The van der Waals surface area contributed by atoms with E-state index in [0.717, 1.165) is 7.87 Å². The molecule has 23 heavy (non-hydrogen) atoms. The molecule has 0 aliphatic heterocycles. The highest BCUT2D eigenvalue weighted by atomic mass is 79.9. The number of rotatable bonds is 9. The van der Waals surface area contributed by atoms with E-state index in [2.05, 4.69) is 59.6 Å². The van der Waals surface area contributed by atoms with Crippen molar-refractivity contribution < 1.29 is 20.1 Å². The van der Waals surface area contributed by atoms with Crippen LogP contribution in [0.25, 0.3) is 0 Å². The van der Waals surface area contributed by atoms with E-state index in [-0.39, 0.29) is 6.42 Å². The summed E-state index contributed by atoms with van der Waals surface area (Å²) >= 11 is 9.84. The van der Waals surface area contributed by atoms with Crippen LogP contribution in [-0.4, -0.2) is 33.5 Å². The second kappa shape index (κ2) is 14.0. The monoisotopic (exact) mass is 512 g/mol. The van der Waals surface area contributed by atoms with Gasteiger partial charge in [0.15, 0.2) is 0 Å². The quantitative estimate of drug-likeness (QED) is 0.245. The van der Waals surface area contributed by atoms with Gasteiger partial charge in [-0.1, -0.05) is 33.8 Å². The number of hydrogen-bond donors (Lipinski definition) is 3. The maximum Gasteiger partial charge on any atom is 0.303 e. The van der Waals surface area contributed by atoms with Gasteiger partial charge in [0.05, 0.1) is 15.6 Å². The molecule has 0 aromatic rings. The Balaban J connectivity index is 4.08. The Morgan fingerprint density at radius 3 is 2.52 bits per heavy atom. The zero-order chi connectivity index (χ0) is 17.7. The molecule has 0 aliphatic rings. The van der Waals surface area contributed by atoms with Crippen molar-refractivity contribution in [3.63, 3.8) is 0 Å². The fourth-order valence-corrected chi connectivity index (χ4v) is 3.03. The van der Waals surface area contributed by atoms with Crippen LogP contribution < -0.4 is 0 Å². The van der Waals surface area contributed by atoms with Gasteiger partial charge in [0.25, 0.3) is 0 Å². The largest absolute Gasteiger partial charge is 0.481 e. The molecule has 3 N–H and O–H groups in total. The molecule has 0 saturated carbocycles. The van der Waals surface area contributed by atoms with E-state index >= 15 is 0 Å². The smallest absolute Gasteiger partial charge is 0.303 e. The van der Waals surface area contributed by atoms with Gasteiger partial charge in [0, 0.05) is 17.3 Å². The Hall–Kier alpha value is -0.390. The molecule has 7 heteroatoms. The maximum absolute atomic E-state index is 10.3. The lowest BCUT2D eigenvalue weighted by molar-refractivity contribution is -0.137. The van der Waals surface area contributed by atoms with Gasteiger partial charge in [0.1, 0.15) is 0 Å². The number of aliphatic carboxylic acids is 1. The van der Waals surface area contributed by atoms with E-state index in [1.54, 1.807) is 0 Å². The van der Waals surface area contributed by atoms with Crippen molar-refractivity contribution in [3.8, 4) is 11.8 Å². The van der Waals surface area contributed by atoms with E-state index in [4.69, 9.17) is 5.11 Å². The van der Waals surface area contributed by atoms with E-state index < -0.39 is 18.2 Å². The zero-order valence-corrected chi connectivity index (χ0v) is 17.1. The fourth-order valence-electron chi connectivity index (χ4n) is 1.46. The third-order valence-corrected chi connectivity index (χ3v) is 3.62. The van der Waals surface area contributed by atoms with Crippen molar-refractivity contribution in [3.05, 3.63) is 32.2 Å². The highest BCUT2D eigenvalue weighted by molar-refractivity contribution is 9.28. The summed E-state index contributed by atoms with van der Waals surface area (Å²) in [6, 6.07) is 0. The lowest BCUT2D eigenvalue weighted by Crippen LogP contribution is -2.23. The number of allylic oxidation sites excluding steroid dienone is 4. The van der Waals surface area contributed by atoms with Gasteiger partial charge in [-0.05, 0) is 69.4 Å². The number of carboxylic acid groups (broad SMARTS) is 1. The van der Waals surface area contributed by atoms with Gasteiger partial charge in [-0.25, -0.2) is 0 Å². The number of unbranched alkanes of at least 4 members (excludes halogenated alkanes) is 1. The Morgan fingerprint density at radius 1 is 1.22 bits per heavy atom. The van der Waals surface area contributed by atoms with Crippen LogP contribution in [-0.2, 0) is 4.79 Å². The molecule has 0 bridgehead atoms. The molecule has 0 aromatic carbocycles. The summed E-state index contributed by atoms with van der Waals surface area (Å²) in [5.41, 5.74) is 0.